The molecule has 32 heavy (non-hydrogen) atoms. The zero-order chi connectivity index (χ0) is 22.9. The number of halogens is 3. The molecule has 1 aliphatic rings. The van der Waals surface area contributed by atoms with Crippen LogP contribution in [0.15, 0.2) is 42.6 Å². The molecule has 1 fully saturated rings. The Morgan fingerprint density at radius 1 is 1.12 bits per heavy atom. The summed E-state index contributed by atoms with van der Waals surface area (Å²) >= 11 is 0. The maximum absolute atomic E-state index is 13.1. The standard InChI is InChI=1S/C24H27F3N4O/c1-16-9-19(10-18-5-4-6-21(11-18)24(25,26)27)12-22(28-16)23-15-31(7-8-32-23)14-20-13-30(3)29-17(20)2/h4-6,9,11-13,23H,7-8,10,14-15H2,1-3H3. The molecule has 3 aromatic rings. The van der Waals surface area contributed by atoms with Crippen LogP contribution in [0.5, 0.6) is 0 Å². The second-order valence-electron chi connectivity index (χ2n) is 8.42. The molecule has 1 unspecified atom stereocenters. The van der Waals surface area contributed by atoms with Gasteiger partial charge < -0.3 is 4.74 Å². The minimum Gasteiger partial charge on any atom is -0.369 e. The van der Waals surface area contributed by atoms with Crippen molar-refractivity contribution in [2.75, 3.05) is 19.7 Å². The Balaban J connectivity index is 1.50. The third kappa shape index (κ3) is 5.37. The molecule has 1 aliphatic heterocycles. The summed E-state index contributed by atoms with van der Waals surface area (Å²) in [6, 6.07) is 9.36. The number of alkyl halides is 3. The van der Waals surface area contributed by atoms with Gasteiger partial charge in [0.1, 0.15) is 6.10 Å². The summed E-state index contributed by atoms with van der Waals surface area (Å²) in [6.07, 6.45) is -2.08. The zero-order valence-electron chi connectivity index (χ0n) is 18.5. The largest absolute Gasteiger partial charge is 0.416 e. The number of benzene rings is 1. The number of aryl methyl sites for hydroxylation is 3. The van der Waals surface area contributed by atoms with Gasteiger partial charge in [0.15, 0.2) is 0 Å². The Hall–Kier alpha value is -2.71. The molecule has 4 rings (SSSR count). The van der Waals surface area contributed by atoms with Gasteiger partial charge in [-0.1, -0.05) is 18.2 Å². The average molecular weight is 445 g/mol. The fourth-order valence-corrected chi connectivity index (χ4v) is 4.20. The van der Waals surface area contributed by atoms with Crippen molar-refractivity contribution in [2.45, 2.75) is 39.1 Å². The number of pyridine rings is 1. The second-order valence-corrected chi connectivity index (χ2v) is 8.42. The van der Waals surface area contributed by atoms with E-state index in [0.29, 0.717) is 25.1 Å². The third-order valence-electron chi connectivity index (χ3n) is 5.69. The summed E-state index contributed by atoms with van der Waals surface area (Å²) in [5.74, 6) is 0. The molecule has 170 valence electrons. The Morgan fingerprint density at radius 2 is 1.94 bits per heavy atom. The van der Waals surface area contributed by atoms with Gasteiger partial charge >= 0.3 is 6.18 Å². The summed E-state index contributed by atoms with van der Waals surface area (Å²) < 4.78 is 47.0. The maximum atomic E-state index is 13.1. The van der Waals surface area contributed by atoms with Crippen LogP contribution in [0.4, 0.5) is 13.2 Å². The molecule has 1 atom stereocenters. The monoisotopic (exact) mass is 444 g/mol. The molecule has 0 aliphatic carbocycles. The lowest BCUT2D eigenvalue weighted by Crippen LogP contribution is -2.38. The molecular weight excluding hydrogens is 417 g/mol. The van der Waals surface area contributed by atoms with Crippen molar-refractivity contribution in [1.29, 1.82) is 0 Å². The third-order valence-corrected chi connectivity index (χ3v) is 5.69. The summed E-state index contributed by atoms with van der Waals surface area (Å²) in [4.78, 5) is 7.00. The first-order chi connectivity index (χ1) is 15.2. The molecule has 0 amide bonds. The molecule has 0 radical (unpaired) electrons. The van der Waals surface area contributed by atoms with Crippen LogP contribution in [0, 0.1) is 13.8 Å². The molecule has 8 heteroatoms. The highest BCUT2D eigenvalue weighted by Crippen LogP contribution is 2.30. The second kappa shape index (κ2) is 9.03. The molecule has 5 nitrogen and oxygen atoms in total. The zero-order valence-corrected chi connectivity index (χ0v) is 18.5. The Morgan fingerprint density at radius 3 is 2.66 bits per heavy atom. The molecule has 0 N–H and O–H groups in total. The molecule has 1 aromatic carbocycles. The minimum absolute atomic E-state index is 0.180. The van der Waals surface area contributed by atoms with E-state index in [4.69, 9.17) is 4.74 Å². The fourth-order valence-electron chi connectivity index (χ4n) is 4.20. The van der Waals surface area contributed by atoms with Gasteiger partial charge in [-0.05, 0) is 49.6 Å². The average Bonchev–Trinajstić information content (AvgIpc) is 3.04. The molecule has 1 saturated heterocycles. The molecule has 2 aromatic heterocycles. The lowest BCUT2D eigenvalue weighted by Gasteiger charge is -2.32. The number of nitrogens with zero attached hydrogens (tertiary/aromatic N) is 4. The van der Waals surface area contributed by atoms with E-state index >= 15 is 0 Å². The topological polar surface area (TPSA) is 43.2 Å². The van der Waals surface area contributed by atoms with Gasteiger partial charge in [0, 0.05) is 44.1 Å². The lowest BCUT2D eigenvalue weighted by atomic mass is 10.0. The van der Waals surface area contributed by atoms with E-state index in [0.717, 1.165) is 41.8 Å². The predicted octanol–water partition coefficient (Wildman–Crippen LogP) is 4.62. The maximum Gasteiger partial charge on any atom is 0.416 e. The van der Waals surface area contributed by atoms with Crippen LogP contribution in [-0.4, -0.2) is 39.4 Å². The fraction of sp³-hybridized carbons (Fsp3) is 0.417. The highest BCUT2D eigenvalue weighted by molar-refractivity contribution is 5.32. The summed E-state index contributed by atoms with van der Waals surface area (Å²) in [5, 5.41) is 4.41. The van der Waals surface area contributed by atoms with Gasteiger partial charge in [-0.15, -0.1) is 0 Å². The number of hydrogen-bond donors (Lipinski definition) is 0. The SMILES string of the molecule is Cc1cc(Cc2cccc(C(F)(F)F)c2)cc(C2CN(Cc3cn(C)nc3C)CCO2)n1. The van der Waals surface area contributed by atoms with Crippen LogP contribution < -0.4 is 0 Å². The highest BCUT2D eigenvalue weighted by Gasteiger charge is 2.30. The van der Waals surface area contributed by atoms with Crippen molar-refractivity contribution in [1.82, 2.24) is 19.7 Å². The van der Waals surface area contributed by atoms with Gasteiger partial charge in [0.25, 0.3) is 0 Å². The highest BCUT2D eigenvalue weighted by atomic mass is 19.4. The summed E-state index contributed by atoms with van der Waals surface area (Å²) in [6.45, 7) is 6.83. The quantitative estimate of drug-likeness (QED) is 0.576. The first-order valence-electron chi connectivity index (χ1n) is 10.6. The van der Waals surface area contributed by atoms with Crippen LogP contribution in [0.1, 0.15) is 45.4 Å². The van der Waals surface area contributed by atoms with E-state index in [1.54, 1.807) is 6.07 Å². The normalized spacial score (nSPS) is 17.6. The minimum atomic E-state index is -4.35. The number of ether oxygens (including phenoxy) is 1. The Bertz CT molecular complexity index is 1090. The van der Waals surface area contributed by atoms with Gasteiger partial charge in [-0.2, -0.15) is 18.3 Å². The van der Waals surface area contributed by atoms with Crippen molar-refractivity contribution >= 4 is 0 Å². The van der Waals surface area contributed by atoms with Crippen molar-refractivity contribution in [3.05, 3.63) is 81.9 Å². The number of rotatable bonds is 5. The summed E-state index contributed by atoms with van der Waals surface area (Å²) in [5.41, 5.74) is 4.78. The number of aromatic nitrogens is 3. The van der Waals surface area contributed by atoms with E-state index in [1.165, 1.54) is 17.7 Å². The van der Waals surface area contributed by atoms with Crippen LogP contribution in [0.3, 0.4) is 0 Å². The van der Waals surface area contributed by atoms with E-state index in [1.807, 2.05) is 43.9 Å². The Labute approximate surface area is 185 Å². The van der Waals surface area contributed by atoms with Crippen molar-refractivity contribution in [3.63, 3.8) is 0 Å². The molecule has 0 spiro atoms. The van der Waals surface area contributed by atoms with E-state index in [9.17, 15) is 13.2 Å². The van der Waals surface area contributed by atoms with E-state index in [-0.39, 0.29) is 6.10 Å². The van der Waals surface area contributed by atoms with Crippen molar-refractivity contribution in [2.24, 2.45) is 7.05 Å². The molecule has 0 saturated carbocycles. The summed E-state index contributed by atoms with van der Waals surface area (Å²) in [7, 11) is 1.92. The predicted molar refractivity (Wildman–Crippen MR) is 115 cm³/mol. The smallest absolute Gasteiger partial charge is 0.369 e. The van der Waals surface area contributed by atoms with Crippen LogP contribution in [0.2, 0.25) is 0 Å². The van der Waals surface area contributed by atoms with Gasteiger partial charge in [-0.25, -0.2) is 0 Å². The van der Waals surface area contributed by atoms with Crippen LogP contribution in [-0.2, 0) is 30.9 Å². The van der Waals surface area contributed by atoms with Gasteiger partial charge in [0.05, 0.1) is 23.6 Å². The van der Waals surface area contributed by atoms with E-state index < -0.39 is 11.7 Å². The lowest BCUT2D eigenvalue weighted by molar-refractivity contribution is -0.137. The van der Waals surface area contributed by atoms with Gasteiger partial charge in [-0.3, -0.25) is 14.6 Å². The van der Waals surface area contributed by atoms with Crippen molar-refractivity contribution in [3.8, 4) is 0 Å². The molecule has 3 heterocycles. The van der Waals surface area contributed by atoms with Crippen LogP contribution in [0.25, 0.3) is 0 Å². The van der Waals surface area contributed by atoms with E-state index in [2.05, 4.69) is 15.0 Å². The van der Waals surface area contributed by atoms with Crippen molar-refractivity contribution < 1.29 is 17.9 Å². The number of hydrogen-bond acceptors (Lipinski definition) is 4. The first kappa shape index (κ1) is 22.5. The molecule has 0 bridgehead atoms. The number of morpholine rings is 1. The van der Waals surface area contributed by atoms with Gasteiger partial charge in [0.2, 0.25) is 0 Å². The Kier molecular flexibility index (Phi) is 6.35. The first-order valence-corrected chi connectivity index (χ1v) is 10.6. The molecular formula is C24H27F3N4O. The van der Waals surface area contributed by atoms with Crippen LogP contribution >= 0.6 is 0 Å².